The van der Waals surface area contributed by atoms with Gasteiger partial charge in [0.15, 0.2) is 0 Å². The van der Waals surface area contributed by atoms with Gasteiger partial charge in [-0.25, -0.2) is 5.43 Å². The number of hydrogen-bond acceptors (Lipinski definition) is 3. The maximum atomic E-state index is 5.75. The van der Waals surface area contributed by atoms with Gasteiger partial charge in [-0.2, -0.15) is 0 Å². The van der Waals surface area contributed by atoms with Gasteiger partial charge in [0, 0.05) is 6.04 Å². The highest BCUT2D eigenvalue weighted by atomic mass is 15.4. The summed E-state index contributed by atoms with van der Waals surface area (Å²) in [5.41, 5.74) is 17.1. The van der Waals surface area contributed by atoms with Crippen LogP contribution in [-0.4, -0.2) is 12.6 Å². The molecule has 0 saturated carbocycles. The van der Waals surface area contributed by atoms with Crippen LogP contribution in [0.15, 0.2) is 18.2 Å². The number of hydrogen-bond donors (Lipinski definition) is 3. The second-order valence-corrected chi connectivity index (χ2v) is 5.68. The predicted molar refractivity (Wildman–Crippen MR) is 74.1 cm³/mol. The lowest BCUT2D eigenvalue weighted by atomic mass is 9.87. The van der Waals surface area contributed by atoms with Crippen molar-refractivity contribution in [1.29, 1.82) is 0 Å². The monoisotopic (exact) mass is 245 g/mol. The molecular formula is C15H23N3. The van der Waals surface area contributed by atoms with Gasteiger partial charge >= 0.3 is 0 Å². The van der Waals surface area contributed by atoms with E-state index in [9.17, 15) is 0 Å². The van der Waals surface area contributed by atoms with E-state index in [0.29, 0.717) is 18.0 Å². The molecule has 3 unspecified atom stereocenters. The Balaban J connectivity index is 1.85. The molecule has 0 radical (unpaired) electrons. The molecule has 3 nitrogen and oxygen atoms in total. The standard InChI is InChI=1S/C15H23N3/c1-10-14(7-8-16)15(18-17-10)13-6-5-11-3-2-4-12(11)9-13/h5-6,9-10,14-15,17-18H,2-4,7-8,16H2,1H3. The molecule has 2 aliphatic rings. The molecule has 1 heterocycles. The Bertz CT molecular complexity index is 430. The highest BCUT2D eigenvalue weighted by molar-refractivity contribution is 5.37. The van der Waals surface area contributed by atoms with Crippen LogP contribution in [0.4, 0.5) is 0 Å². The molecule has 1 aliphatic heterocycles. The second-order valence-electron chi connectivity index (χ2n) is 5.68. The number of hydrazine groups is 1. The first-order valence-electron chi connectivity index (χ1n) is 7.12. The van der Waals surface area contributed by atoms with Gasteiger partial charge in [-0.15, -0.1) is 0 Å². The van der Waals surface area contributed by atoms with Crippen LogP contribution in [0.1, 0.15) is 42.5 Å². The normalized spacial score (nSPS) is 30.7. The highest BCUT2D eigenvalue weighted by Crippen LogP contribution is 2.33. The van der Waals surface area contributed by atoms with Crippen LogP contribution < -0.4 is 16.6 Å². The van der Waals surface area contributed by atoms with E-state index in [-0.39, 0.29) is 0 Å². The molecule has 1 aliphatic carbocycles. The van der Waals surface area contributed by atoms with Crippen molar-refractivity contribution in [1.82, 2.24) is 10.9 Å². The quantitative estimate of drug-likeness (QED) is 0.759. The maximum Gasteiger partial charge on any atom is 0.0506 e. The van der Waals surface area contributed by atoms with Crippen LogP contribution in [0.3, 0.4) is 0 Å². The average Bonchev–Trinajstić information content (AvgIpc) is 2.97. The third-order valence-electron chi connectivity index (χ3n) is 4.52. The van der Waals surface area contributed by atoms with Gasteiger partial charge < -0.3 is 5.73 Å². The number of rotatable bonds is 3. The predicted octanol–water partition coefficient (Wildman–Crippen LogP) is 1.68. The van der Waals surface area contributed by atoms with Gasteiger partial charge in [-0.1, -0.05) is 18.2 Å². The van der Waals surface area contributed by atoms with Gasteiger partial charge in [-0.05, 0) is 61.8 Å². The highest BCUT2D eigenvalue weighted by Gasteiger charge is 2.33. The molecule has 1 saturated heterocycles. The van der Waals surface area contributed by atoms with Crippen molar-refractivity contribution in [3.8, 4) is 0 Å². The van der Waals surface area contributed by atoms with Crippen molar-refractivity contribution in [3.63, 3.8) is 0 Å². The Morgan fingerprint density at radius 3 is 2.89 bits per heavy atom. The summed E-state index contributed by atoms with van der Waals surface area (Å²) in [4.78, 5) is 0. The summed E-state index contributed by atoms with van der Waals surface area (Å²) in [6.07, 6.45) is 4.90. The van der Waals surface area contributed by atoms with Gasteiger partial charge in [0.25, 0.3) is 0 Å². The number of aryl methyl sites for hydroxylation is 2. The van der Waals surface area contributed by atoms with Gasteiger partial charge in [0.1, 0.15) is 0 Å². The Kier molecular flexibility index (Phi) is 3.37. The molecule has 18 heavy (non-hydrogen) atoms. The molecule has 0 amide bonds. The van der Waals surface area contributed by atoms with Crippen LogP contribution in [0, 0.1) is 5.92 Å². The first kappa shape index (κ1) is 12.2. The van der Waals surface area contributed by atoms with Crippen molar-refractivity contribution in [2.24, 2.45) is 11.7 Å². The van der Waals surface area contributed by atoms with Crippen LogP contribution in [0.2, 0.25) is 0 Å². The van der Waals surface area contributed by atoms with Gasteiger partial charge in [0.05, 0.1) is 6.04 Å². The Hall–Kier alpha value is -0.900. The minimum Gasteiger partial charge on any atom is -0.330 e. The fourth-order valence-electron chi connectivity index (χ4n) is 3.45. The van der Waals surface area contributed by atoms with E-state index in [1.165, 1.54) is 24.8 Å². The molecule has 1 aromatic rings. The Morgan fingerprint density at radius 1 is 1.22 bits per heavy atom. The Labute approximate surface area is 109 Å². The third-order valence-corrected chi connectivity index (χ3v) is 4.52. The summed E-state index contributed by atoms with van der Waals surface area (Å²) < 4.78 is 0. The topological polar surface area (TPSA) is 50.1 Å². The van der Waals surface area contributed by atoms with E-state index in [1.54, 1.807) is 11.1 Å². The van der Waals surface area contributed by atoms with Crippen LogP contribution in [0.25, 0.3) is 0 Å². The molecule has 3 atom stereocenters. The summed E-state index contributed by atoms with van der Waals surface area (Å²) in [6.45, 7) is 3.00. The molecular weight excluding hydrogens is 222 g/mol. The number of benzene rings is 1. The lowest BCUT2D eigenvalue weighted by molar-refractivity contribution is 0.409. The van der Waals surface area contributed by atoms with E-state index in [2.05, 4.69) is 36.0 Å². The van der Waals surface area contributed by atoms with Gasteiger partial charge in [0.2, 0.25) is 0 Å². The zero-order valence-electron chi connectivity index (χ0n) is 11.1. The fraction of sp³-hybridized carbons (Fsp3) is 0.600. The summed E-state index contributed by atoms with van der Waals surface area (Å²) in [6, 6.07) is 7.93. The molecule has 4 N–H and O–H groups in total. The molecule has 0 bridgehead atoms. The first-order valence-corrected chi connectivity index (χ1v) is 7.12. The minimum absolute atomic E-state index is 0.412. The lowest BCUT2D eigenvalue weighted by Gasteiger charge is -2.21. The smallest absolute Gasteiger partial charge is 0.0506 e. The SMILES string of the molecule is CC1NNC(c2ccc3c(c2)CCC3)C1CCN. The number of nitrogens with two attached hydrogens (primary N) is 1. The van der Waals surface area contributed by atoms with Crippen LogP contribution >= 0.6 is 0 Å². The van der Waals surface area contributed by atoms with Crippen LogP contribution in [-0.2, 0) is 12.8 Å². The molecule has 1 fully saturated rings. The van der Waals surface area contributed by atoms with Crippen molar-refractivity contribution in [2.75, 3.05) is 6.54 Å². The van der Waals surface area contributed by atoms with E-state index in [0.717, 1.165) is 13.0 Å². The van der Waals surface area contributed by atoms with Crippen molar-refractivity contribution in [2.45, 2.75) is 44.7 Å². The largest absolute Gasteiger partial charge is 0.330 e. The first-order chi connectivity index (χ1) is 8.79. The molecule has 0 aromatic heterocycles. The zero-order valence-corrected chi connectivity index (χ0v) is 11.1. The number of nitrogens with one attached hydrogen (secondary N) is 2. The lowest BCUT2D eigenvalue weighted by Crippen LogP contribution is -2.29. The minimum atomic E-state index is 0.412. The van der Waals surface area contributed by atoms with E-state index in [1.807, 2.05) is 0 Å². The van der Waals surface area contributed by atoms with E-state index >= 15 is 0 Å². The maximum absolute atomic E-state index is 5.75. The molecule has 0 spiro atoms. The summed E-state index contributed by atoms with van der Waals surface area (Å²) in [7, 11) is 0. The van der Waals surface area contributed by atoms with Crippen LogP contribution in [0.5, 0.6) is 0 Å². The fourth-order valence-corrected chi connectivity index (χ4v) is 3.45. The van der Waals surface area contributed by atoms with Gasteiger partial charge in [-0.3, -0.25) is 5.43 Å². The van der Waals surface area contributed by atoms with Crippen molar-refractivity contribution < 1.29 is 0 Å². The summed E-state index contributed by atoms with van der Waals surface area (Å²) >= 11 is 0. The Morgan fingerprint density at radius 2 is 2.06 bits per heavy atom. The molecule has 3 heteroatoms. The number of fused-ring (bicyclic) bond motifs is 1. The van der Waals surface area contributed by atoms with Crippen molar-refractivity contribution >= 4 is 0 Å². The third kappa shape index (κ3) is 2.07. The summed E-state index contributed by atoms with van der Waals surface area (Å²) in [5.74, 6) is 0.592. The molecule has 3 rings (SSSR count). The molecule has 1 aromatic carbocycles. The van der Waals surface area contributed by atoms with E-state index in [4.69, 9.17) is 5.73 Å². The van der Waals surface area contributed by atoms with Crippen molar-refractivity contribution in [3.05, 3.63) is 34.9 Å². The average molecular weight is 245 g/mol. The van der Waals surface area contributed by atoms with E-state index < -0.39 is 0 Å². The summed E-state index contributed by atoms with van der Waals surface area (Å²) in [5, 5.41) is 0. The molecule has 98 valence electrons. The second kappa shape index (κ2) is 5.00. The zero-order chi connectivity index (χ0) is 12.5.